The monoisotopic (exact) mass is 311 g/mol. The number of hydrogen-bond acceptors (Lipinski definition) is 3. The van der Waals surface area contributed by atoms with Crippen molar-refractivity contribution in [1.82, 2.24) is 5.32 Å². The van der Waals surface area contributed by atoms with Crippen LogP contribution in [-0.4, -0.2) is 35.4 Å². The van der Waals surface area contributed by atoms with Gasteiger partial charge in [-0.1, -0.05) is 17.7 Å². The van der Waals surface area contributed by atoms with Gasteiger partial charge in [-0.3, -0.25) is 0 Å². The van der Waals surface area contributed by atoms with Crippen LogP contribution in [0.2, 0.25) is 5.02 Å². The maximum absolute atomic E-state index is 10.6. The van der Waals surface area contributed by atoms with E-state index in [9.17, 15) is 18.3 Å². The van der Waals surface area contributed by atoms with Gasteiger partial charge in [0, 0.05) is 24.0 Å². The molecule has 20 heavy (non-hydrogen) atoms. The van der Waals surface area contributed by atoms with E-state index in [-0.39, 0.29) is 0 Å². The minimum Gasteiger partial charge on any atom is -0.508 e. The largest absolute Gasteiger partial charge is 0.508 e. The minimum atomic E-state index is -5.08. The highest BCUT2D eigenvalue weighted by molar-refractivity contribution is 6.31. The topological polar surface area (TPSA) is 69.6 Å². The molecule has 0 spiro atoms. The number of aliphatic carboxylic acids is 1. The van der Waals surface area contributed by atoms with Gasteiger partial charge in [-0.2, -0.15) is 13.2 Å². The van der Waals surface area contributed by atoms with Gasteiger partial charge in [-0.25, -0.2) is 4.79 Å². The number of nitrogens with one attached hydrogen (secondary N) is 1. The number of carboxylic acid groups (broad SMARTS) is 1. The van der Waals surface area contributed by atoms with Crippen LogP contribution in [0.1, 0.15) is 17.0 Å². The Bertz CT molecular complexity index is 501. The van der Waals surface area contributed by atoms with Gasteiger partial charge in [0.1, 0.15) is 5.75 Å². The van der Waals surface area contributed by atoms with Crippen molar-refractivity contribution in [2.75, 3.05) is 13.1 Å². The molecule has 0 aromatic heterocycles. The molecule has 2 rings (SSSR count). The van der Waals surface area contributed by atoms with E-state index in [1.165, 1.54) is 0 Å². The zero-order valence-corrected chi connectivity index (χ0v) is 11.2. The summed E-state index contributed by atoms with van der Waals surface area (Å²) in [7, 11) is 0. The van der Waals surface area contributed by atoms with Gasteiger partial charge in [0.15, 0.2) is 0 Å². The summed E-state index contributed by atoms with van der Waals surface area (Å²) in [5.74, 6) is -1.98. The van der Waals surface area contributed by atoms with Crippen LogP contribution >= 0.6 is 11.6 Å². The van der Waals surface area contributed by atoms with E-state index < -0.39 is 12.1 Å². The van der Waals surface area contributed by atoms with Crippen molar-refractivity contribution in [2.45, 2.75) is 19.0 Å². The van der Waals surface area contributed by atoms with Crippen molar-refractivity contribution in [3.05, 3.63) is 28.3 Å². The van der Waals surface area contributed by atoms with Gasteiger partial charge in [0.2, 0.25) is 0 Å². The zero-order valence-electron chi connectivity index (χ0n) is 10.5. The molecular formula is C12H13ClF3NO3. The number of benzene rings is 1. The van der Waals surface area contributed by atoms with E-state index in [0.29, 0.717) is 16.7 Å². The van der Waals surface area contributed by atoms with E-state index >= 15 is 0 Å². The van der Waals surface area contributed by atoms with Gasteiger partial charge in [0.25, 0.3) is 0 Å². The quantitative estimate of drug-likeness (QED) is 0.746. The molecular weight excluding hydrogens is 299 g/mol. The number of carboxylic acids is 1. The van der Waals surface area contributed by atoms with Gasteiger partial charge in [-0.05, 0) is 24.1 Å². The van der Waals surface area contributed by atoms with Gasteiger partial charge in [0.05, 0.1) is 0 Å². The van der Waals surface area contributed by atoms with Crippen molar-refractivity contribution in [1.29, 1.82) is 0 Å². The number of aryl methyl sites for hydroxylation is 1. The van der Waals surface area contributed by atoms with Crippen molar-refractivity contribution in [3.63, 3.8) is 0 Å². The van der Waals surface area contributed by atoms with Crippen LogP contribution in [0, 0.1) is 6.92 Å². The molecule has 0 radical (unpaired) electrons. The Kier molecular flexibility index (Phi) is 5.24. The summed E-state index contributed by atoms with van der Waals surface area (Å²) in [6.45, 7) is 3.86. The minimum absolute atomic E-state index is 0.321. The molecule has 0 unspecified atom stereocenters. The number of aromatic hydroxyl groups is 1. The van der Waals surface area contributed by atoms with Crippen LogP contribution in [0.25, 0.3) is 0 Å². The zero-order chi connectivity index (χ0) is 15.5. The lowest BCUT2D eigenvalue weighted by atomic mass is 9.92. The number of halogens is 4. The van der Waals surface area contributed by atoms with Crippen molar-refractivity contribution < 1.29 is 28.2 Å². The number of phenols is 1. The lowest BCUT2D eigenvalue weighted by Crippen LogP contribution is -2.39. The number of alkyl halides is 3. The average Bonchev–Trinajstić information content (AvgIpc) is 2.23. The van der Waals surface area contributed by atoms with E-state index in [0.717, 1.165) is 24.2 Å². The number of rotatable bonds is 1. The Hall–Kier alpha value is -1.47. The maximum Gasteiger partial charge on any atom is 0.490 e. The molecule has 0 bridgehead atoms. The van der Waals surface area contributed by atoms with Crippen molar-refractivity contribution in [3.8, 4) is 5.75 Å². The summed E-state index contributed by atoms with van der Waals surface area (Å²) >= 11 is 5.88. The normalized spacial score (nSPS) is 15.1. The molecule has 8 heteroatoms. The molecule has 112 valence electrons. The lowest BCUT2D eigenvalue weighted by Gasteiger charge is -2.28. The number of carbonyl (C=O) groups is 1. The Morgan fingerprint density at radius 3 is 2.25 bits per heavy atom. The fourth-order valence-corrected chi connectivity index (χ4v) is 1.69. The van der Waals surface area contributed by atoms with Crippen LogP contribution in [0.4, 0.5) is 13.2 Å². The molecule has 1 heterocycles. The highest BCUT2D eigenvalue weighted by atomic mass is 35.5. The van der Waals surface area contributed by atoms with Gasteiger partial charge in [-0.15, -0.1) is 0 Å². The average molecular weight is 312 g/mol. The second kappa shape index (κ2) is 6.32. The Labute approximate surface area is 118 Å². The van der Waals surface area contributed by atoms with E-state index in [1.54, 1.807) is 6.07 Å². The summed E-state index contributed by atoms with van der Waals surface area (Å²) in [6, 6.07) is 3.60. The van der Waals surface area contributed by atoms with Crippen molar-refractivity contribution >= 4 is 17.6 Å². The molecule has 1 aliphatic heterocycles. The van der Waals surface area contributed by atoms with E-state index in [2.05, 4.69) is 5.32 Å². The van der Waals surface area contributed by atoms with Gasteiger partial charge >= 0.3 is 12.1 Å². The molecule has 3 N–H and O–H groups in total. The second-order valence-corrected chi connectivity index (χ2v) is 4.73. The predicted octanol–water partition coefficient (Wildman–Crippen LogP) is 2.67. The molecule has 4 nitrogen and oxygen atoms in total. The van der Waals surface area contributed by atoms with Crippen LogP contribution in [0.15, 0.2) is 12.1 Å². The van der Waals surface area contributed by atoms with Crippen LogP contribution in [-0.2, 0) is 4.79 Å². The molecule has 0 aliphatic carbocycles. The second-order valence-electron chi connectivity index (χ2n) is 4.32. The Morgan fingerprint density at radius 2 is 1.90 bits per heavy atom. The first-order valence-corrected chi connectivity index (χ1v) is 6.00. The van der Waals surface area contributed by atoms with Crippen molar-refractivity contribution in [2.24, 2.45) is 0 Å². The highest BCUT2D eigenvalue weighted by Gasteiger charge is 2.38. The first-order valence-electron chi connectivity index (χ1n) is 5.62. The molecule has 0 saturated carbocycles. The lowest BCUT2D eigenvalue weighted by molar-refractivity contribution is -0.192. The third-order valence-corrected chi connectivity index (χ3v) is 3.18. The van der Waals surface area contributed by atoms with E-state index in [4.69, 9.17) is 21.5 Å². The van der Waals surface area contributed by atoms with Gasteiger partial charge < -0.3 is 15.5 Å². The summed E-state index contributed by atoms with van der Waals surface area (Å²) in [5.41, 5.74) is 2.04. The van der Waals surface area contributed by atoms with E-state index in [1.807, 2.05) is 13.0 Å². The summed E-state index contributed by atoms with van der Waals surface area (Å²) in [4.78, 5) is 8.90. The number of phenolic OH excluding ortho intramolecular Hbond substituents is 1. The van der Waals surface area contributed by atoms with Crippen LogP contribution < -0.4 is 5.32 Å². The third-order valence-electron chi connectivity index (χ3n) is 2.77. The molecule has 0 atom stereocenters. The molecule has 1 aromatic rings. The van der Waals surface area contributed by atoms with Crippen LogP contribution in [0.3, 0.4) is 0 Å². The molecule has 1 saturated heterocycles. The standard InChI is InChI=1S/C10H12ClNO.C2HF3O2/c1-6-2-8(7-4-12-5-7)10(13)3-9(6)11;3-2(4,5)1(6)7/h2-3,7,12-13H,4-5H2,1H3;(H,6,7). The van der Waals surface area contributed by atoms with Crippen LogP contribution in [0.5, 0.6) is 5.75 Å². The molecule has 1 aromatic carbocycles. The SMILES string of the molecule is Cc1cc(C2CNC2)c(O)cc1Cl.O=C(O)C(F)(F)F. The Morgan fingerprint density at radius 1 is 1.40 bits per heavy atom. The smallest absolute Gasteiger partial charge is 0.490 e. The number of hydrogen-bond donors (Lipinski definition) is 3. The Balaban J connectivity index is 0.000000246. The summed E-state index contributed by atoms with van der Waals surface area (Å²) in [6.07, 6.45) is -5.08. The molecule has 0 amide bonds. The predicted molar refractivity (Wildman–Crippen MR) is 67.2 cm³/mol. The third kappa shape index (κ3) is 4.28. The summed E-state index contributed by atoms with van der Waals surface area (Å²) in [5, 5.41) is 20.6. The molecule has 1 aliphatic rings. The fourth-order valence-electron chi connectivity index (χ4n) is 1.53. The summed E-state index contributed by atoms with van der Waals surface area (Å²) < 4.78 is 31.7. The first-order chi connectivity index (χ1) is 9.12. The maximum atomic E-state index is 10.6. The molecule has 1 fully saturated rings. The fraction of sp³-hybridized carbons (Fsp3) is 0.417. The highest BCUT2D eigenvalue weighted by Crippen LogP contribution is 2.32. The first kappa shape index (κ1) is 16.6.